The summed E-state index contributed by atoms with van der Waals surface area (Å²) in [5.74, 6) is 1.69. The topological polar surface area (TPSA) is 63.6 Å². The number of hydrogen-bond acceptors (Lipinski definition) is 3. The summed E-state index contributed by atoms with van der Waals surface area (Å²) in [6.45, 7) is 5.20. The molecule has 0 spiro atoms. The van der Waals surface area contributed by atoms with Crippen LogP contribution < -0.4 is 4.74 Å². The molecule has 1 N–H and O–H groups in total. The second kappa shape index (κ2) is 8.87. The van der Waals surface area contributed by atoms with E-state index in [4.69, 9.17) is 9.84 Å². The fourth-order valence-electron chi connectivity index (χ4n) is 7.83. The first-order valence-electron chi connectivity index (χ1n) is 12.9. The van der Waals surface area contributed by atoms with E-state index in [1.54, 1.807) is 0 Å². The molecule has 34 heavy (non-hydrogen) atoms. The molecule has 0 radical (unpaired) electrons. The molecule has 2 aromatic carbocycles. The van der Waals surface area contributed by atoms with Crippen LogP contribution in [0.1, 0.15) is 81.4 Å². The number of ether oxygens (including phenoxy) is 1. The van der Waals surface area contributed by atoms with E-state index < -0.39 is 5.97 Å². The van der Waals surface area contributed by atoms with Gasteiger partial charge in [0, 0.05) is 18.3 Å². The van der Waals surface area contributed by atoms with E-state index >= 15 is 0 Å². The zero-order valence-corrected chi connectivity index (χ0v) is 20.4. The first-order valence-corrected chi connectivity index (χ1v) is 12.9. The summed E-state index contributed by atoms with van der Waals surface area (Å²) in [5, 5.41) is 9.12. The SMILES string of the molecule is C[C@@]12CCc3cc(OCc4ccccc4)ccc3C1CC[C@]1(C)C(=O)CC(CCCC(=O)O)C21. The van der Waals surface area contributed by atoms with Crippen LogP contribution in [0.5, 0.6) is 5.75 Å². The predicted octanol–water partition coefficient (Wildman–Crippen LogP) is 6.56. The minimum atomic E-state index is -0.739. The lowest BCUT2D eigenvalue weighted by Gasteiger charge is -2.57. The maximum Gasteiger partial charge on any atom is 0.303 e. The highest BCUT2D eigenvalue weighted by Gasteiger charge is 2.63. The summed E-state index contributed by atoms with van der Waals surface area (Å²) in [4.78, 5) is 24.3. The van der Waals surface area contributed by atoms with Gasteiger partial charge in [-0.05, 0) is 90.5 Å². The van der Waals surface area contributed by atoms with Crippen molar-refractivity contribution in [1.29, 1.82) is 0 Å². The molecular formula is C30H36O4. The lowest BCUT2D eigenvalue weighted by atomic mass is 9.46. The zero-order chi connectivity index (χ0) is 23.9. The summed E-state index contributed by atoms with van der Waals surface area (Å²) in [5.41, 5.74) is 3.82. The molecule has 4 heteroatoms. The number of aryl methyl sites for hydroxylation is 1. The number of fused-ring (bicyclic) bond motifs is 5. The van der Waals surface area contributed by atoms with E-state index in [0.717, 1.165) is 37.9 Å². The van der Waals surface area contributed by atoms with Gasteiger partial charge in [0.1, 0.15) is 18.1 Å². The van der Waals surface area contributed by atoms with Crippen LogP contribution in [-0.2, 0) is 22.6 Å². The predicted molar refractivity (Wildman–Crippen MR) is 132 cm³/mol. The van der Waals surface area contributed by atoms with Gasteiger partial charge in [-0.1, -0.05) is 50.2 Å². The molecule has 3 unspecified atom stereocenters. The lowest BCUT2D eigenvalue weighted by Crippen LogP contribution is -2.50. The van der Waals surface area contributed by atoms with Gasteiger partial charge >= 0.3 is 5.97 Å². The summed E-state index contributed by atoms with van der Waals surface area (Å²) >= 11 is 0. The third kappa shape index (κ3) is 3.95. The normalized spacial score (nSPS) is 31.9. The van der Waals surface area contributed by atoms with Gasteiger partial charge in [0.05, 0.1) is 0 Å². The Morgan fingerprint density at radius 2 is 1.91 bits per heavy atom. The van der Waals surface area contributed by atoms with Crippen LogP contribution in [-0.4, -0.2) is 16.9 Å². The number of benzene rings is 2. The quantitative estimate of drug-likeness (QED) is 0.508. The average Bonchev–Trinajstić information content (AvgIpc) is 3.08. The number of carboxylic acid groups (broad SMARTS) is 1. The second-order valence-corrected chi connectivity index (χ2v) is 11.3. The van der Waals surface area contributed by atoms with E-state index in [2.05, 4.69) is 44.2 Å². The molecule has 180 valence electrons. The van der Waals surface area contributed by atoms with Crippen LogP contribution in [0.2, 0.25) is 0 Å². The molecule has 0 aliphatic heterocycles. The van der Waals surface area contributed by atoms with Crippen molar-refractivity contribution in [3.05, 3.63) is 65.2 Å². The average molecular weight is 461 g/mol. The second-order valence-electron chi connectivity index (χ2n) is 11.3. The highest BCUT2D eigenvalue weighted by Crippen LogP contribution is 2.67. The molecular weight excluding hydrogens is 424 g/mol. The largest absolute Gasteiger partial charge is 0.489 e. The Hall–Kier alpha value is -2.62. The van der Waals surface area contributed by atoms with Crippen molar-refractivity contribution >= 4 is 11.8 Å². The Bertz CT molecular complexity index is 1080. The molecule has 0 aromatic heterocycles. The standard InChI is InChI=1S/C30H36O4/c1-29-15-13-21-17-23(34-19-20-7-4-3-5-8-20)11-12-24(21)25(29)14-16-30(2)26(31)18-22(28(29)30)9-6-10-27(32)33/h3-5,7-8,11-12,17,22,25,28H,6,9-10,13-16,18-19H2,1-2H3,(H,32,33)/t22?,25?,28?,29-,30-/m1/s1. The molecule has 5 rings (SSSR count). The van der Waals surface area contributed by atoms with Gasteiger partial charge in [0.2, 0.25) is 0 Å². The number of carboxylic acids is 1. The van der Waals surface area contributed by atoms with Crippen molar-refractivity contribution in [3.63, 3.8) is 0 Å². The molecule has 0 heterocycles. The Labute approximate surface area is 202 Å². The van der Waals surface area contributed by atoms with Gasteiger partial charge in [-0.3, -0.25) is 9.59 Å². The number of Topliss-reactive ketones (excluding diaryl/α,β-unsaturated/α-hetero) is 1. The van der Waals surface area contributed by atoms with Gasteiger partial charge in [0.15, 0.2) is 0 Å². The number of aliphatic carboxylic acids is 1. The zero-order valence-electron chi connectivity index (χ0n) is 20.4. The van der Waals surface area contributed by atoms with Crippen LogP contribution in [0.25, 0.3) is 0 Å². The Morgan fingerprint density at radius 1 is 1.12 bits per heavy atom. The molecule has 3 aliphatic carbocycles. The van der Waals surface area contributed by atoms with Crippen molar-refractivity contribution in [2.75, 3.05) is 0 Å². The fraction of sp³-hybridized carbons (Fsp3) is 0.533. The molecule has 4 nitrogen and oxygen atoms in total. The molecule has 0 bridgehead atoms. The molecule has 3 aliphatic rings. The van der Waals surface area contributed by atoms with Gasteiger partial charge in [0.25, 0.3) is 0 Å². The first kappa shape index (κ1) is 23.1. The van der Waals surface area contributed by atoms with Gasteiger partial charge < -0.3 is 9.84 Å². The summed E-state index contributed by atoms with van der Waals surface area (Å²) in [7, 11) is 0. The van der Waals surface area contributed by atoms with Crippen LogP contribution in [0, 0.1) is 22.7 Å². The van der Waals surface area contributed by atoms with Crippen LogP contribution in [0.15, 0.2) is 48.5 Å². The molecule has 0 amide bonds. The molecule has 5 atom stereocenters. The van der Waals surface area contributed by atoms with Crippen molar-refractivity contribution in [2.45, 2.75) is 77.7 Å². The Balaban J connectivity index is 1.38. The van der Waals surface area contributed by atoms with Gasteiger partial charge in [-0.15, -0.1) is 0 Å². The van der Waals surface area contributed by atoms with Crippen LogP contribution in [0.4, 0.5) is 0 Å². The highest BCUT2D eigenvalue weighted by atomic mass is 16.5. The summed E-state index contributed by atoms with van der Waals surface area (Å²) in [6, 6.07) is 16.9. The minimum Gasteiger partial charge on any atom is -0.489 e. The van der Waals surface area contributed by atoms with Crippen molar-refractivity contribution in [3.8, 4) is 5.75 Å². The summed E-state index contributed by atoms with van der Waals surface area (Å²) < 4.78 is 6.11. The maximum absolute atomic E-state index is 13.2. The summed E-state index contributed by atoms with van der Waals surface area (Å²) in [6.07, 6.45) is 6.42. The first-order chi connectivity index (χ1) is 16.3. The van der Waals surface area contributed by atoms with Gasteiger partial charge in [-0.25, -0.2) is 0 Å². The van der Waals surface area contributed by atoms with E-state index in [0.29, 0.717) is 43.0 Å². The monoisotopic (exact) mass is 460 g/mol. The van der Waals surface area contributed by atoms with E-state index in [1.807, 2.05) is 18.2 Å². The number of carbonyl (C=O) groups is 2. The Kier molecular flexibility index (Phi) is 6.03. The van der Waals surface area contributed by atoms with Crippen molar-refractivity contribution < 1.29 is 19.4 Å². The minimum absolute atomic E-state index is 0.0759. The van der Waals surface area contributed by atoms with Crippen LogP contribution in [0.3, 0.4) is 0 Å². The molecule has 0 saturated heterocycles. The smallest absolute Gasteiger partial charge is 0.303 e. The highest BCUT2D eigenvalue weighted by molar-refractivity contribution is 5.88. The lowest BCUT2D eigenvalue weighted by molar-refractivity contribution is -0.137. The van der Waals surface area contributed by atoms with Crippen LogP contribution >= 0.6 is 0 Å². The molecule has 2 aromatic rings. The van der Waals surface area contributed by atoms with Crippen molar-refractivity contribution in [1.82, 2.24) is 0 Å². The van der Waals surface area contributed by atoms with E-state index in [1.165, 1.54) is 16.7 Å². The molecule has 2 fully saturated rings. The van der Waals surface area contributed by atoms with Crippen molar-refractivity contribution in [2.24, 2.45) is 22.7 Å². The Morgan fingerprint density at radius 3 is 2.68 bits per heavy atom. The molecule has 2 saturated carbocycles. The third-order valence-corrected chi connectivity index (χ3v) is 9.34. The van der Waals surface area contributed by atoms with Gasteiger partial charge in [-0.2, -0.15) is 0 Å². The number of rotatable bonds is 7. The van der Waals surface area contributed by atoms with E-state index in [9.17, 15) is 9.59 Å². The number of ketones is 1. The maximum atomic E-state index is 13.2. The third-order valence-electron chi connectivity index (χ3n) is 9.34. The fourth-order valence-corrected chi connectivity index (χ4v) is 7.83. The number of carbonyl (C=O) groups excluding carboxylic acids is 1. The number of hydrogen-bond donors (Lipinski definition) is 1. The van der Waals surface area contributed by atoms with E-state index in [-0.39, 0.29) is 17.3 Å².